The third-order valence-electron chi connectivity index (χ3n) is 1.21. The van der Waals surface area contributed by atoms with Gasteiger partial charge in [0, 0.05) is 4.83 Å². The van der Waals surface area contributed by atoms with Crippen molar-refractivity contribution < 1.29 is 0 Å². The van der Waals surface area contributed by atoms with Crippen LogP contribution < -0.4 is 0 Å². The second-order valence-corrected chi connectivity index (χ2v) is 3.84. The molecule has 8 heavy (non-hydrogen) atoms. The highest BCUT2D eigenvalue weighted by Gasteiger charge is 1.92. The van der Waals surface area contributed by atoms with Crippen LogP contribution in [-0.2, 0) is 0 Å². The lowest BCUT2D eigenvalue weighted by atomic mass is 10.2. The van der Waals surface area contributed by atoms with E-state index in [0.29, 0.717) is 4.83 Å². The first kappa shape index (κ1) is 8.48. The van der Waals surface area contributed by atoms with Crippen LogP contribution in [0.4, 0.5) is 0 Å². The van der Waals surface area contributed by atoms with Gasteiger partial charge in [-0.05, 0) is 6.42 Å². The van der Waals surface area contributed by atoms with Crippen LogP contribution in [0.2, 0.25) is 0 Å². The Morgan fingerprint density at radius 2 is 2.00 bits per heavy atom. The zero-order valence-electron chi connectivity index (χ0n) is 5.78. The molecule has 0 aliphatic heterocycles. The summed E-state index contributed by atoms with van der Waals surface area (Å²) in [7, 11) is 0. The van der Waals surface area contributed by atoms with E-state index in [1.165, 1.54) is 25.7 Å². The fourth-order valence-corrected chi connectivity index (χ4v) is 0.999. The average Bonchev–Trinajstić information content (AvgIpc) is 1.66. The Kier molecular flexibility index (Phi) is 5.95. The molecule has 0 spiro atoms. The van der Waals surface area contributed by atoms with Crippen LogP contribution in [0.15, 0.2) is 0 Å². The minimum atomic E-state index is 0.717. The molecule has 0 radical (unpaired) electrons. The van der Waals surface area contributed by atoms with Crippen LogP contribution in [0.3, 0.4) is 0 Å². The van der Waals surface area contributed by atoms with Crippen molar-refractivity contribution >= 4 is 15.9 Å². The van der Waals surface area contributed by atoms with Crippen molar-refractivity contribution in [1.29, 1.82) is 0 Å². The Bertz CT molecular complexity index is 41.7. The molecule has 1 atom stereocenters. The molecule has 0 heterocycles. The van der Waals surface area contributed by atoms with Crippen molar-refractivity contribution in [3.63, 3.8) is 0 Å². The van der Waals surface area contributed by atoms with E-state index in [2.05, 4.69) is 29.8 Å². The molecule has 1 heteroatoms. The number of hydrogen-bond donors (Lipinski definition) is 0. The lowest BCUT2D eigenvalue weighted by Gasteiger charge is -1.98. The van der Waals surface area contributed by atoms with Gasteiger partial charge in [-0.1, -0.05) is 49.0 Å². The van der Waals surface area contributed by atoms with Gasteiger partial charge in [0.05, 0.1) is 0 Å². The summed E-state index contributed by atoms with van der Waals surface area (Å²) in [6.07, 6.45) is 5.42. The van der Waals surface area contributed by atoms with Crippen molar-refractivity contribution in [1.82, 2.24) is 0 Å². The quantitative estimate of drug-likeness (QED) is 0.458. The van der Waals surface area contributed by atoms with Gasteiger partial charge in [-0.25, -0.2) is 0 Å². The molecular weight excluding hydrogens is 164 g/mol. The van der Waals surface area contributed by atoms with Crippen LogP contribution in [0, 0.1) is 0 Å². The monoisotopic (exact) mass is 178 g/mol. The molecule has 0 nitrogen and oxygen atoms in total. The van der Waals surface area contributed by atoms with Gasteiger partial charge < -0.3 is 0 Å². The van der Waals surface area contributed by atoms with Gasteiger partial charge in [0.1, 0.15) is 0 Å². The predicted octanol–water partition coefficient (Wildman–Crippen LogP) is 3.35. The summed E-state index contributed by atoms with van der Waals surface area (Å²) in [5.41, 5.74) is 0. The normalized spacial score (nSPS) is 13.9. The van der Waals surface area contributed by atoms with E-state index in [-0.39, 0.29) is 0 Å². The van der Waals surface area contributed by atoms with E-state index >= 15 is 0 Å². The molecule has 0 aromatic rings. The molecule has 0 aromatic carbocycles. The lowest BCUT2D eigenvalue weighted by Crippen LogP contribution is -1.87. The molecule has 0 aliphatic carbocycles. The van der Waals surface area contributed by atoms with Gasteiger partial charge in [0.25, 0.3) is 0 Å². The summed E-state index contributed by atoms with van der Waals surface area (Å²) in [4.78, 5) is 0.717. The molecule has 0 saturated carbocycles. The molecule has 50 valence electrons. The largest absolute Gasteiger partial charge is 0.0894 e. The van der Waals surface area contributed by atoms with Crippen molar-refractivity contribution in [2.45, 2.75) is 44.4 Å². The summed E-state index contributed by atoms with van der Waals surface area (Å²) in [6.45, 7) is 4.44. The Balaban J connectivity index is 2.72. The number of unbranched alkanes of at least 4 members (excludes halogenated alkanes) is 2. The summed E-state index contributed by atoms with van der Waals surface area (Å²) < 4.78 is 0. The molecule has 0 saturated heterocycles. The number of alkyl halides is 1. The number of rotatable bonds is 4. The molecule has 0 aromatic heterocycles. The van der Waals surface area contributed by atoms with Crippen molar-refractivity contribution in [3.8, 4) is 0 Å². The number of halogens is 1. The van der Waals surface area contributed by atoms with Crippen LogP contribution in [0.25, 0.3) is 0 Å². The second-order valence-electron chi connectivity index (χ2n) is 2.28. The topological polar surface area (TPSA) is 0 Å². The first-order valence-electron chi connectivity index (χ1n) is 3.41. The highest BCUT2D eigenvalue weighted by molar-refractivity contribution is 9.09. The maximum absolute atomic E-state index is 3.50. The maximum Gasteiger partial charge on any atom is 0.0117 e. The van der Waals surface area contributed by atoms with Gasteiger partial charge in [-0.2, -0.15) is 0 Å². The molecule has 0 amide bonds. The second kappa shape index (κ2) is 5.61. The fraction of sp³-hybridized carbons (Fsp3) is 1.00. The third kappa shape index (κ3) is 6.48. The molecular formula is C7H15Br. The van der Waals surface area contributed by atoms with E-state index in [1.54, 1.807) is 0 Å². The Morgan fingerprint density at radius 1 is 1.38 bits per heavy atom. The molecule has 0 fully saturated rings. The van der Waals surface area contributed by atoms with E-state index in [0.717, 1.165) is 0 Å². The summed E-state index contributed by atoms with van der Waals surface area (Å²) in [5, 5.41) is 0. The van der Waals surface area contributed by atoms with Crippen molar-refractivity contribution in [2.24, 2.45) is 0 Å². The van der Waals surface area contributed by atoms with Gasteiger partial charge in [0.2, 0.25) is 0 Å². The van der Waals surface area contributed by atoms with Crippen molar-refractivity contribution in [2.75, 3.05) is 0 Å². The van der Waals surface area contributed by atoms with Crippen LogP contribution >= 0.6 is 15.9 Å². The summed E-state index contributed by atoms with van der Waals surface area (Å²) in [5.74, 6) is 0. The molecule has 0 aliphatic rings. The smallest absolute Gasteiger partial charge is 0.0117 e. The zero-order valence-corrected chi connectivity index (χ0v) is 7.37. The van der Waals surface area contributed by atoms with Crippen LogP contribution in [0.1, 0.15) is 39.5 Å². The Morgan fingerprint density at radius 3 is 2.38 bits per heavy atom. The van der Waals surface area contributed by atoms with E-state index < -0.39 is 0 Å². The maximum atomic E-state index is 3.50. The first-order chi connectivity index (χ1) is 3.77. The lowest BCUT2D eigenvalue weighted by molar-refractivity contribution is 0.668. The Labute approximate surface area is 60.8 Å². The molecule has 1 unspecified atom stereocenters. The molecule has 0 rings (SSSR count). The van der Waals surface area contributed by atoms with Crippen LogP contribution in [0.5, 0.6) is 0 Å². The van der Waals surface area contributed by atoms with Crippen molar-refractivity contribution in [3.05, 3.63) is 0 Å². The highest BCUT2D eigenvalue weighted by Crippen LogP contribution is 2.08. The summed E-state index contributed by atoms with van der Waals surface area (Å²) in [6, 6.07) is 0. The predicted molar refractivity (Wildman–Crippen MR) is 42.5 cm³/mol. The highest BCUT2D eigenvalue weighted by atomic mass is 79.9. The number of hydrogen-bond acceptors (Lipinski definition) is 0. The summed E-state index contributed by atoms with van der Waals surface area (Å²) >= 11 is 3.50. The Hall–Kier alpha value is 0.480. The van der Waals surface area contributed by atoms with Gasteiger partial charge in [-0.15, -0.1) is 0 Å². The minimum Gasteiger partial charge on any atom is -0.0894 e. The standard InChI is InChI=1S/C7H15Br/c1-3-4-5-6-7(2)8/h7H,3-6H2,1-2H3. The van der Waals surface area contributed by atoms with Crippen LogP contribution in [-0.4, -0.2) is 4.83 Å². The first-order valence-corrected chi connectivity index (χ1v) is 4.33. The minimum absolute atomic E-state index is 0.717. The fourth-order valence-electron chi connectivity index (χ4n) is 0.676. The van der Waals surface area contributed by atoms with Gasteiger partial charge in [0.15, 0.2) is 0 Å². The van der Waals surface area contributed by atoms with E-state index in [4.69, 9.17) is 0 Å². The molecule has 0 bridgehead atoms. The zero-order chi connectivity index (χ0) is 6.41. The van der Waals surface area contributed by atoms with E-state index in [1.807, 2.05) is 0 Å². The average molecular weight is 179 g/mol. The third-order valence-corrected chi connectivity index (χ3v) is 1.66. The SMILES string of the molecule is CCCCCC(C)Br. The van der Waals surface area contributed by atoms with E-state index in [9.17, 15) is 0 Å². The molecule has 0 N–H and O–H groups in total. The van der Waals surface area contributed by atoms with Gasteiger partial charge in [-0.3, -0.25) is 0 Å². The van der Waals surface area contributed by atoms with Gasteiger partial charge >= 0.3 is 0 Å².